The first-order chi connectivity index (χ1) is 9.09. The van der Waals surface area contributed by atoms with Crippen LogP contribution >= 0.6 is 11.8 Å². The molecule has 104 valence electrons. The monoisotopic (exact) mass is 301 g/mol. The molecule has 0 radical (unpaired) electrons. The molecule has 0 N–H and O–H groups in total. The van der Waals surface area contributed by atoms with Crippen LogP contribution in [0.15, 0.2) is 23.1 Å². The van der Waals surface area contributed by atoms with Crippen molar-refractivity contribution in [2.24, 2.45) is 0 Å². The van der Waals surface area contributed by atoms with E-state index in [9.17, 15) is 8.42 Å². The highest BCUT2D eigenvalue weighted by Gasteiger charge is 2.33. The van der Waals surface area contributed by atoms with Gasteiger partial charge >= 0.3 is 0 Å². The van der Waals surface area contributed by atoms with Crippen LogP contribution in [-0.2, 0) is 10.0 Å². The molecule has 5 nitrogen and oxygen atoms in total. The number of nitrogens with zero attached hydrogens (tertiary/aromatic N) is 1. The number of sulfonamides is 1. The van der Waals surface area contributed by atoms with Crippen LogP contribution in [0.2, 0.25) is 0 Å². The molecule has 0 bridgehead atoms. The average molecular weight is 301 g/mol. The lowest BCUT2D eigenvalue weighted by Crippen LogP contribution is -2.33. The van der Waals surface area contributed by atoms with Gasteiger partial charge in [-0.2, -0.15) is 4.31 Å². The van der Waals surface area contributed by atoms with E-state index in [-0.39, 0.29) is 10.3 Å². The van der Waals surface area contributed by atoms with Gasteiger partial charge in [0.15, 0.2) is 11.5 Å². The molecule has 3 rings (SSSR count). The van der Waals surface area contributed by atoms with Gasteiger partial charge in [-0.1, -0.05) is 0 Å². The quantitative estimate of drug-likeness (QED) is 0.829. The van der Waals surface area contributed by atoms with Gasteiger partial charge in [-0.05, 0) is 19.1 Å². The first-order valence-corrected chi connectivity index (χ1v) is 8.61. The van der Waals surface area contributed by atoms with Crippen molar-refractivity contribution < 1.29 is 17.9 Å². The zero-order chi connectivity index (χ0) is 13.5. The van der Waals surface area contributed by atoms with Gasteiger partial charge in [0.25, 0.3) is 0 Å². The summed E-state index contributed by atoms with van der Waals surface area (Å²) >= 11 is 1.65. The van der Waals surface area contributed by atoms with E-state index in [1.807, 2.05) is 6.92 Å². The number of rotatable bonds is 2. The van der Waals surface area contributed by atoms with Gasteiger partial charge in [0.2, 0.25) is 10.0 Å². The maximum absolute atomic E-state index is 12.5. The van der Waals surface area contributed by atoms with Gasteiger partial charge in [-0.15, -0.1) is 11.8 Å². The lowest BCUT2D eigenvalue weighted by molar-refractivity contribution is 0.171. The summed E-state index contributed by atoms with van der Waals surface area (Å²) in [7, 11) is -3.44. The van der Waals surface area contributed by atoms with Crippen molar-refractivity contribution in [3.05, 3.63) is 18.2 Å². The molecule has 2 aliphatic heterocycles. The molecule has 0 aromatic heterocycles. The Morgan fingerprint density at radius 3 is 2.68 bits per heavy atom. The summed E-state index contributed by atoms with van der Waals surface area (Å²) in [6, 6.07) is 4.80. The molecule has 2 heterocycles. The number of hydrogen-bond acceptors (Lipinski definition) is 5. The van der Waals surface area contributed by atoms with Crippen LogP contribution in [0, 0.1) is 0 Å². The third-order valence-corrected chi connectivity index (χ3v) is 6.45. The SMILES string of the molecule is CC1SCCN1S(=O)(=O)c1ccc2c(c1)OCCO2. The predicted octanol–water partition coefficient (Wildman–Crippen LogP) is 1.54. The van der Waals surface area contributed by atoms with Crippen molar-refractivity contribution in [1.29, 1.82) is 0 Å². The smallest absolute Gasteiger partial charge is 0.244 e. The Labute approximate surface area is 116 Å². The van der Waals surface area contributed by atoms with Crippen LogP contribution in [-0.4, -0.2) is 43.6 Å². The van der Waals surface area contributed by atoms with Crippen LogP contribution in [0.3, 0.4) is 0 Å². The van der Waals surface area contributed by atoms with Crippen molar-refractivity contribution in [1.82, 2.24) is 4.31 Å². The summed E-state index contributed by atoms with van der Waals surface area (Å²) in [4.78, 5) is 0.270. The topological polar surface area (TPSA) is 55.8 Å². The minimum absolute atomic E-state index is 0.0156. The van der Waals surface area contributed by atoms with Crippen LogP contribution < -0.4 is 9.47 Å². The van der Waals surface area contributed by atoms with Crippen molar-refractivity contribution in [2.75, 3.05) is 25.5 Å². The summed E-state index contributed by atoms with van der Waals surface area (Å²) in [6.07, 6.45) is 0. The molecule has 1 atom stereocenters. The number of ether oxygens (including phenoxy) is 2. The molecular weight excluding hydrogens is 286 g/mol. The number of thioether (sulfide) groups is 1. The summed E-state index contributed by atoms with van der Waals surface area (Å²) in [5.74, 6) is 1.95. The first kappa shape index (κ1) is 13.1. The fourth-order valence-corrected chi connectivity index (χ4v) is 5.26. The van der Waals surface area contributed by atoms with Crippen LogP contribution in [0.25, 0.3) is 0 Å². The lowest BCUT2D eigenvalue weighted by Gasteiger charge is -2.22. The molecular formula is C12H15NO4S2. The molecule has 0 aliphatic carbocycles. The fourth-order valence-electron chi connectivity index (χ4n) is 2.21. The summed E-state index contributed by atoms with van der Waals surface area (Å²) < 4.78 is 37.5. The van der Waals surface area contributed by atoms with Gasteiger partial charge in [0.05, 0.1) is 10.3 Å². The zero-order valence-corrected chi connectivity index (χ0v) is 12.2. The van der Waals surface area contributed by atoms with Crippen LogP contribution in [0.4, 0.5) is 0 Å². The third kappa shape index (κ3) is 2.30. The zero-order valence-electron chi connectivity index (χ0n) is 10.5. The second-order valence-corrected chi connectivity index (χ2v) is 7.71. The number of benzene rings is 1. The van der Waals surface area contributed by atoms with Gasteiger partial charge in [0, 0.05) is 18.4 Å². The van der Waals surface area contributed by atoms with Crippen molar-refractivity contribution >= 4 is 21.8 Å². The minimum atomic E-state index is -3.44. The maximum atomic E-state index is 12.5. The highest BCUT2D eigenvalue weighted by Crippen LogP contribution is 2.35. The predicted molar refractivity (Wildman–Crippen MR) is 73.2 cm³/mol. The first-order valence-electron chi connectivity index (χ1n) is 6.12. The second kappa shape index (κ2) is 4.88. The Kier molecular flexibility index (Phi) is 3.36. The van der Waals surface area contributed by atoms with E-state index in [4.69, 9.17) is 9.47 Å². The van der Waals surface area contributed by atoms with Crippen LogP contribution in [0.1, 0.15) is 6.92 Å². The highest BCUT2D eigenvalue weighted by atomic mass is 32.2. The summed E-state index contributed by atoms with van der Waals surface area (Å²) in [5.41, 5.74) is 0. The van der Waals surface area contributed by atoms with E-state index in [0.29, 0.717) is 31.3 Å². The van der Waals surface area contributed by atoms with Crippen molar-refractivity contribution in [2.45, 2.75) is 17.2 Å². The van der Waals surface area contributed by atoms with Crippen LogP contribution in [0.5, 0.6) is 11.5 Å². The van der Waals surface area contributed by atoms with Crippen molar-refractivity contribution in [3.8, 4) is 11.5 Å². The molecule has 1 aromatic carbocycles. The van der Waals surface area contributed by atoms with Gasteiger partial charge in [-0.3, -0.25) is 0 Å². The molecule has 2 aliphatic rings. The van der Waals surface area contributed by atoms with E-state index in [1.54, 1.807) is 30.0 Å². The van der Waals surface area contributed by atoms with E-state index < -0.39 is 10.0 Å². The highest BCUT2D eigenvalue weighted by molar-refractivity contribution is 8.01. The van der Waals surface area contributed by atoms with Gasteiger partial charge in [0.1, 0.15) is 13.2 Å². The van der Waals surface area contributed by atoms with E-state index in [0.717, 1.165) is 5.75 Å². The molecule has 1 unspecified atom stereocenters. The molecule has 19 heavy (non-hydrogen) atoms. The van der Waals surface area contributed by atoms with Gasteiger partial charge in [-0.25, -0.2) is 8.42 Å². The Balaban J connectivity index is 1.97. The Bertz CT molecular complexity index is 587. The fraction of sp³-hybridized carbons (Fsp3) is 0.500. The summed E-state index contributed by atoms with van der Waals surface area (Å²) in [6.45, 7) is 3.42. The molecule has 1 saturated heterocycles. The number of hydrogen-bond donors (Lipinski definition) is 0. The Hall–Kier alpha value is -0.920. The van der Waals surface area contributed by atoms with E-state index >= 15 is 0 Å². The standard InChI is InChI=1S/C12H15NO4S2/c1-9-13(4-7-18-9)19(14,15)10-2-3-11-12(8-10)17-6-5-16-11/h2-3,8-9H,4-7H2,1H3. The van der Waals surface area contributed by atoms with Crippen molar-refractivity contribution in [3.63, 3.8) is 0 Å². The molecule has 0 spiro atoms. The van der Waals surface area contributed by atoms with E-state index in [1.165, 1.54) is 4.31 Å². The average Bonchev–Trinajstić information content (AvgIpc) is 2.85. The molecule has 0 saturated carbocycles. The minimum Gasteiger partial charge on any atom is -0.486 e. The molecule has 0 amide bonds. The summed E-state index contributed by atoms with van der Waals surface area (Å²) in [5, 5.41) is -0.0156. The molecule has 7 heteroatoms. The molecule has 1 fully saturated rings. The Morgan fingerprint density at radius 2 is 2.00 bits per heavy atom. The second-order valence-electron chi connectivity index (χ2n) is 4.39. The van der Waals surface area contributed by atoms with E-state index in [2.05, 4.69) is 0 Å². The maximum Gasteiger partial charge on any atom is 0.244 e. The lowest BCUT2D eigenvalue weighted by atomic mass is 10.3. The Morgan fingerprint density at radius 1 is 1.26 bits per heavy atom. The molecule has 1 aromatic rings. The van der Waals surface area contributed by atoms with Gasteiger partial charge < -0.3 is 9.47 Å². The third-order valence-electron chi connectivity index (χ3n) is 3.20. The normalized spacial score (nSPS) is 23.5. The largest absolute Gasteiger partial charge is 0.486 e. The number of fused-ring (bicyclic) bond motifs is 1.